The lowest BCUT2D eigenvalue weighted by Crippen LogP contribution is -2.39. The Kier molecular flexibility index (Phi) is 4.04. The zero-order valence-electron chi connectivity index (χ0n) is 12.4. The average Bonchev–Trinajstić information content (AvgIpc) is 3.01. The van der Waals surface area contributed by atoms with Crippen LogP contribution in [0.25, 0.3) is 0 Å². The Hall–Kier alpha value is -2.10. The van der Waals surface area contributed by atoms with Crippen LogP contribution in [0.4, 0.5) is 0 Å². The van der Waals surface area contributed by atoms with E-state index in [2.05, 4.69) is 9.55 Å². The first kappa shape index (κ1) is 13.9. The van der Waals surface area contributed by atoms with Gasteiger partial charge in [-0.1, -0.05) is 18.2 Å². The Morgan fingerprint density at radius 3 is 2.71 bits per heavy atom. The first-order valence-electron chi connectivity index (χ1n) is 7.54. The molecule has 0 spiro atoms. The molecule has 0 unspecified atom stereocenters. The molecule has 0 aliphatic carbocycles. The van der Waals surface area contributed by atoms with Crippen molar-refractivity contribution in [3.05, 3.63) is 54.1 Å². The molecule has 0 bridgehead atoms. The SMILES string of the molecule is Cc1ccccc1C(=O)N1CCC(Cn2ccnc2)CC1. The summed E-state index contributed by atoms with van der Waals surface area (Å²) in [4.78, 5) is 18.6. The van der Waals surface area contributed by atoms with Crippen LogP contribution in [0.15, 0.2) is 43.0 Å². The van der Waals surface area contributed by atoms with Gasteiger partial charge in [0, 0.05) is 37.6 Å². The summed E-state index contributed by atoms with van der Waals surface area (Å²) in [6, 6.07) is 7.84. The van der Waals surface area contributed by atoms with Crippen molar-refractivity contribution in [2.24, 2.45) is 5.92 Å². The molecule has 0 radical (unpaired) electrons. The summed E-state index contributed by atoms with van der Waals surface area (Å²) >= 11 is 0. The van der Waals surface area contributed by atoms with E-state index in [1.807, 2.05) is 54.8 Å². The number of rotatable bonds is 3. The van der Waals surface area contributed by atoms with Crippen LogP contribution in [0.2, 0.25) is 0 Å². The fourth-order valence-corrected chi connectivity index (χ4v) is 2.99. The molecule has 3 rings (SSSR count). The van der Waals surface area contributed by atoms with Gasteiger partial charge in [0.2, 0.25) is 0 Å². The molecule has 0 atom stereocenters. The third-order valence-corrected chi connectivity index (χ3v) is 4.31. The van der Waals surface area contributed by atoms with Crippen molar-refractivity contribution >= 4 is 5.91 Å². The molecule has 1 aromatic carbocycles. The van der Waals surface area contributed by atoms with Crippen molar-refractivity contribution < 1.29 is 4.79 Å². The van der Waals surface area contributed by atoms with Crippen molar-refractivity contribution in [1.82, 2.24) is 14.5 Å². The van der Waals surface area contributed by atoms with Gasteiger partial charge < -0.3 is 9.47 Å². The zero-order chi connectivity index (χ0) is 14.7. The third kappa shape index (κ3) is 3.15. The summed E-state index contributed by atoms with van der Waals surface area (Å²) in [7, 11) is 0. The van der Waals surface area contributed by atoms with Crippen molar-refractivity contribution in [2.75, 3.05) is 13.1 Å². The molecule has 110 valence electrons. The molecule has 0 saturated carbocycles. The number of hydrogen-bond acceptors (Lipinski definition) is 2. The van der Waals surface area contributed by atoms with Gasteiger partial charge in [-0.15, -0.1) is 0 Å². The van der Waals surface area contributed by atoms with Crippen LogP contribution >= 0.6 is 0 Å². The number of likely N-dealkylation sites (tertiary alicyclic amines) is 1. The van der Waals surface area contributed by atoms with Gasteiger partial charge >= 0.3 is 0 Å². The molecule has 4 heteroatoms. The summed E-state index contributed by atoms with van der Waals surface area (Å²) in [5.41, 5.74) is 1.90. The van der Waals surface area contributed by atoms with E-state index in [1.165, 1.54) is 0 Å². The maximum atomic E-state index is 12.6. The lowest BCUT2D eigenvalue weighted by molar-refractivity contribution is 0.0682. The number of hydrogen-bond donors (Lipinski definition) is 0. The zero-order valence-corrected chi connectivity index (χ0v) is 12.4. The maximum absolute atomic E-state index is 12.6. The van der Waals surface area contributed by atoms with Gasteiger partial charge in [0.05, 0.1) is 6.33 Å². The molecule has 0 N–H and O–H groups in total. The van der Waals surface area contributed by atoms with Crippen molar-refractivity contribution in [1.29, 1.82) is 0 Å². The molecule has 2 aromatic rings. The standard InChI is InChI=1S/C17H21N3O/c1-14-4-2-3-5-16(14)17(21)20-9-6-15(7-10-20)12-19-11-8-18-13-19/h2-5,8,11,13,15H,6-7,9-10,12H2,1H3. The van der Waals surface area contributed by atoms with E-state index in [9.17, 15) is 4.79 Å². The van der Waals surface area contributed by atoms with Gasteiger partial charge in [0.1, 0.15) is 0 Å². The van der Waals surface area contributed by atoms with Crippen LogP contribution in [0.1, 0.15) is 28.8 Å². The molecular weight excluding hydrogens is 262 g/mol. The summed E-state index contributed by atoms with van der Waals surface area (Å²) in [6.45, 7) is 4.71. The number of carbonyl (C=O) groups is 1. The van der Waals surface area contributed by atoms with E-state index in [1.54, 1.807) is 0 Å². The number of amides is 1. The minimum atomic E-state index is 0.175. The van der Waals surface area contributed by atoms with E-state index in [4.69, 9.17) is 0 Å². The van der Waals surface area contributed by atoms with Gasteiger partial charge in [0.15, 0.2) is 0 Å². The molecule has 1 aliphatic heterocycles. The minimum Gasteiger partial charge on any atom is -0.339 e. The highest BCUT2D eigenvalue weighted by molar-refractivity contribution is 5.95. The van der Waals surface area contributed by atoms with E-state index in [0.29, 0.717) is 5.92 Å². The summed E-state index contributed by atoms with van der Waals surface area (Å²) in [5, 5.41) is 0. The number of nitrogens with zero attached hydrogens (tertiary/aromatic N) is 3. The van der Waals surface area contributed by atoms with Crippen molar-refractivity contribution in [2.45, 2.75) is 26.3 Å². The highest BCUT2D eigenvalue weighted by atomic mass is 16.2. The van der Waals surface area contributed by atoms with Crippen LogP contribution in [-0.2, 0) is 6.54 Å². The maximum Gasteiger partial charge on any atom is 0.254 e. The Labute approximate surface area is 125 Å². The fraction of sp³-hybridized carbons (Fsp3) is 0.412. The molecule has 1 fully saturated rings. The van der Waals surface area contributed by atoms with Crippen LogP contribution in [0.5, 0.6) is 0 Å². The predicted octanol–water partition coefficient (Wildman–Crippen LogP) is 2.74. The van der Waals surface area contributed by atoms with E-state index >= 15 is 0 Å². The van der Waals surface area contributed by atoms with Crippen molar-refractivity contribution in [3.63, 3.8) is 0 Å². The highest BCUT2D eigenvalue weighted by Crippen LogP contribution is 2.21. The molecule has 1 aromatic heterocycles. The second-order valence-electron chi connectivity index (χ2n) is 5.81. The Morgan fingerprint density at radius 1 is 1.29 bits per heavy atom. The lowest BCUT2D eigenvalue weighted by Gasteiger charge is -2.32. The first-order chi connectivity index (χ1) is 10.2. The van der Waals surface area contributed by atoms with Crippen molar-refractivity contribution in [3.8, 4) is 0 Å². The van der Waals surface area contributed by atoms with Crippen LogP contribution in [0, 0.1) is 12.8 Å². The summed E-state index contributed by atoms with van der Waals surface area (Å²) < 4.78 is 2.13. The lowest BCUT2D eigenvalue weighted by atomic mass is 9.96. The van der Waals surface area contributed by atoms with Gasteiger partial charge in [-0.05, 0) is 37.3 Å². The van der Waals surface area contributed by atoms with Crippen LogP contribution < -0.4 is 0 Å². The number of benzene rings is 1. The first-order valence-corrected chi connectivity index (χ1v) is 7.54. The van der Waals surface area contributed by atoms with E-state index < -0.39 is 0 Å². The number of carbonyl (C=O) groups excluding carboxylic acids is 1. The quantitative estimate of drug-likeness (QED) is 0.868. The third-order valence-electron chi connectivity index (χ3n) is 4.31. The number of aromatic nitrogens is 2. The second-order valence-corrected chi connectivity index (χ2v) is 5.81. The largest absolute Gasteiger partial charge is 0.339 e. The van der Waals surface area contributed by atoms with Gasteiger partial charge in [0.25, 0.3) is 5.91 Å². The topological polar surface area (TPSA) is 38.1 Å². The Morgan fingerprint density at radius 2 is 2.05 bits per heavy atom. The minimum absolute atomic E-state index is 0.175. The molecule has 1 saturated heterocycles. The summed E-state index contributed by atoms with van der Waals surface area (Å²) in [6.07, 6.45) is 7.82. The van der Waals surface area contributed by atoms with Gasteiger partial charge in [-0.25, -0.2) is 4.98 Å². The predicted molar refractivity (Wildman–Crippen MR) is 82.0 cm³/mol. The van der Waals surface area contributed by atoms with E-state index in [-0.39, 0.29) is 5.91 Å². The molecule has 1 amide bonds. The Balaban J connectivity index is 1.58. The van der Waals surface area contributed by atoms with Crippen LogP contribution in [-0.4, -0.2) is 33.4 Å². The number of aryl methyl sites for hydroxylation is 1. The number of imidazole rings is 1. The summed E-state index contributed by atoms with van der Waals surface area (Å²) in [5.74, 6) is 0.814. The molecule has 4 nitrogen and oxygen atoms in total. The van der Waals surface area contributed by atoms with Gasteiger partial charge in [-0.2, -0.15) is 0 Å². The van der Waals surface area contributed by atoms with Gasteiger partial charge in [-0.3, -0.25) is 4.79 Å². The molecule has 1 aliphatic rings. The Bertz CT molecular complexity index is 598. The smallest absolute Gasteiger partial charge is 0.254 e. The van der Waals surface area contributed by atoms with Crippen LogP contribution in [0.3, 0.4) is 0 Å². The molecular formula is C17H21N3O. The fourth-order valence-electron chi connectivity index (χ4n) is 2.99. The molecule has 2 heterocycles. The highest BCUT2D eigenvalue weighted by Gasteiger charge is 2.24. The normalized spacial score (nSPS) is 16.1. The molecule has 21 heavy (non-hydrogen) atoms. The number of piperidine rings is 1. The second kappa shape index (κ2) is 6.12. The average molecular weight is 283 g/mol. The monoisotopic (exact) mass is 283 g/mol. The van der Waals surface area contributed by atoms with E-state index in [0.717, 1.165) is 43.6 Å².